The molecule has 0 aliphatic heterocycles. The second-order valence-electron chi connectivity index (χ2n) is 4.24. The number of hydrogen-bond acceptors (Lipinski definition) is 1. The Morgan fingerprint density at radius 2 is 1.68 bits per heavy atom. The summed E-state index contributed by atoms with van der Waals surface area (Å²) in [6.07, 6.45) is -0.371. The maximum Gasteiger partial charge on any atom is 0.173 e. The highest BCUT2D eigenvalue weighted by Gasteiger charge is 2.20. The van der Waals surface area contributed by atoms with Gasteiger partial charge in [-0.25, -0.2) is 13.2 Å². The molecule has 0 N–H and O–H groups in total. The zero-order valence-electron chi connectivity index (χ0n) is 10.2. The standard InChI is InChI=1S/C15H11F3O/c1-9-6-7-12(17)14(15(9)18)13(19)8-10-4-2-3-5-11(10)16/h2-7H,8H2,1H3. The van der Waals surface area contributed by atoms with Crippen molar-refractivity contribution < 1.29 is 18.0 Å². The monoisotopic (exact) mass is 264 g/mol. The predicted octanol–water partition coefficient (Wildman–Crippen LogP) is 3.84. The summed E-state index contributed by atoms with van der Waals surface area (Å²) in [4.78, 5) is 11.9. The number of aryl methyl sites for hydroxylation is 1. The molecular formula is C15H11F3O. The van der Waals surface area contributed by atoms with Gasteiger partial charge in [0.25, 0.3) is 0 Å². The van der Waals surface area contributed by atoms with Gasteiger partial charge in [0.2, 0.25) is 0 Å². The molecule has 0 saturated carbocycles. The molecular weight excluding hydrogens is 253 g/mol. The van der Waals surface area contributed by atoms with Crippen molar-refractivity contribution >= 4 is 5.78 Å². The molecule has 19 heavy (non-hydrogen) atoms. The van der Waals surface area contributed by atoms with Gasteiger partial charge in [-0.05, 0) is 30.2 Å². The van der Waals surface area contributed by atoms with Gasteiger partial charge in [-0.15, -0.1) is 0 Å². The number of halogens is 3. The van der Waals surface area contributed by atoms with Crippen LogP contribution in [0.15, 0.2) is 36.4 Å². The topological polar surface area (TPSA) is 17.1 Å². The van der Waals surface area contributed by atoms with E-state index in [9.17, 15) is 18.0 Å². The molecule has 0 bridgehead atoms. The first-order valence-corrected chi connectivity index (χ1v) is 5.72. The van der Waals surface area contributed by atoms with Crippen LogP contribution in [-0.4, -0.2) is 5.78 Å². The zero-order valence-corrected chi connectivity index (χ0v) is 10.2. The van der Waals surface area contributed by atoms with E-state index in [1.54, 1.807) is 6.07 Å². The Kier molecular flexibility index (Phi) is 3.69. The van der Waals surface area contributed by atoms with Crippen LogP contribution < -0.4 is 0 Å². The number of rotatable bonds is 3. The average molecular weight is 264 g/mol. The van der Waals surface area contributed by atoms with Crippen LogP contribution in [0.5, 0.6) is 0 Å². The molecule has 0 radical (unpaired) electrons. The highest BCUT2D eigenvalue weighted by Crippen LogP contribution is 2.19. The molecule has 0 unspecified atom stereocenters. The van der Waals surface area contributed by atoms with Gasteiger partial charge in [0.1, 0.15) is 17.5 Å². The van der Waals surface area contributed by atoms with Crippen LogP contribution in [0.25, 0.3) is 0 Å². The van der Waals surface area contributed by atoms with Gasteiger partial charge in [-0.2, -0.15) is 0 Å². The van der Waals surface area contributed by atoms with Crippen LogP contribution >= 0.6 is 0 Å². The molecule has 0 aliphatic rings. The van der Waals surface area contributed by atoms with Crippen LogP contribution in [0.3, 0.4) is 0 Å². The summed E-state index contributed by atoms with van der Waals surface area (Å²) in [7, 11) is 0. The smallest absolute Gasteiger partial charge is 0.173 e. The predicted molar refractivity (Wildman–Crippen MR) is 65.5 cm³/mol. The van der Waals surface area contributed by atoms with Gasteiger partial charge >= 0.3 is 0 Å². The van der Waals surface area contributed by atoms with Crippen molar-refractivity contribution in [3.8, 4) is 0 Å². The normalized spacial score (nSPS) is 10.5. The number of ketones is 1. The van der Waals surface area contributed by atoms with E-state index < -0.39 is 28.8 Å². The van der Waals surface area contributed by atoms with Crippen molar-refractivity contribution in [3.63, 3.8) is 0 Å². The highest BCUT2D eigenvalue weighted by atomic mass is 19.1. The summed E-state index contributed by atoms with van der Waals surface area (Å²) in [5.41, 5.74) is -0.311. The number of carbonyl (C=O) groups is 1. The minimum Gasteiger partial charge on any atom is -0.294 e. The van der Waals surface area contributed by atoms with E-state index >= 15 is 0 Å². The van der Waals surface area contributed by atoms with Crippen molar-refractivity contribution in [2.45, 2.75) is 13.3 Å². The van der Waals surface area contributed by atoms with Crippen molar-refractivity contribution in [2.24, 2.45) is 0 Å². The molecule has 98 valence electrons. The Morgan fingerprint density at radius 1 is 1.00 bits per heavy atom. The fourth-order valence-corrected chi connectivity index (χ4v) is 1.82. The third-order valence-corrected chi connectivity index (χ3v) is 2.87. The maximum atomic E-state index is 13.8. The molecule has 0 fully saturated rings. The highest BCUT2D eigenvalue weighted by molar-refractivity contribution is 5.98. The van der Waals surface area contributed by atoms with Crippen LogP contribution in [0.1, 0.15) is 21.5 Å². The minimum atomic E-state index is -0.926. The van der Waals surface area contributed by atoms with Gasteiger partial charge < -0.3 is 0 Å². The van der Waals surface area contributed by atoms with Gasteiger partial charge in [-0.3, -0.25) is 4.79 Å². The zero-order chi connectivity index (χ0) is 14.0. The molecule has 0 saturated heterocycles. The van der Waals surface area contributed by atoms with Gasteiger partial charge in [0.15, 0.2) is 5.78 Å². The average Bonchev–Trinajstić information content (AvgIpc) is 2.37. The Bertz CT molecular complexity index is 635. The van der Waals surface area contributed by atoms with Crippen LogP contribution in [-0.2, 0) is 6.42 Å². The first-order valence-electron chi connectivity index (χ1n) is 5.72. The molecule has 4 heteroatoms. The van der Waals surface area contributed by atoms with E-state index in [1.807, 2.05) is 0 Å². The number of carbonyl (C=O) groups excluding carboxylic acids is 1. The summed E-state index contributed by atoms with van der Waals surface area (Å²) in [6.45, 7) is 1.44. The summed E-state index contributed by atoms with van der Waals surface area (Å²) >= 11 is 0. The first-order chi connectivity index (χ1) is 9.00. The molecule has 0 aromatic heterocycles. The van der Waals surface area contributed by atoms with Crippen LogP contribution in [0.4, 0.5) is 13.2 Å². The maximum absolute atomic E-state index is 13.8. The van der Waals surface area contributed by atoms with E-state index in [1.165, 1.54) is 31.2 Å². The lowest BCUT2D eigenvalue weighted by atomic mass is 10.00. The summed E-state index contributed by atoms with van der Waals surface area (Å²) in [6, 6.07) is 7.95. The van der Waals surface area contributed by atoms with Gasteiger partial charge in [-0.1, -0.05) is 24.3 Å². The number of benzene rings is 2. The summed E-state index contributed by atoms with van der Waals surface area (Å²) in [5, 5.41) is 0. The Morgan fingerprint density at radius 3 is 2.37 bits per heavy atom. The molecule has 2 aromatic rings. The van der Waals surface area contributed by atoms with E-state index in [0.717, 1.165) is 6.07 Å². The molecule has 2 aromatic carbocycles. The Labute approximate surface area is 108 Å². The molecule has 2 rings (SSSR count). The second kappa shape index (κ2) is 5.26. The van der Waals surface area contributed by atoms with Crippen LogP contribution in [0.2, 0.25) is 0 Å². The van der Waals surface area contributed by atoms with E-state index in [-0.39, 0.29) is 17.5 Å². The number of Topliss-reactive ketones (excluding diaryl/α,β-unsaturated/α-hetero) is 1. The fourth-order valence-electron chi connectivity index (χ4n) is 1.82. The Balaban J connectivity index is 2.36. The minimum absolute atomic E-state index is 0.118. The fraction of sp³-hybridized carbons (Fsp3) is 0.133. The quantitative estimate of drug-likeness (QED) is 0.770. The molecule has 0 atom stereocenters. The van der Waals surface area contributed by atoms with Gasteiger partial charge in [0.05, 0.1) is 5.56 Å². The molecule has 0 spiro atoms. The summed E-state index contributed by atoms with van der Waals surface area (Å²) in [5.74, 6) is -3.15. The third kappa shape index (κ3) is 2.67. The lowest BCUT2D eigenvalue weighted by molar-refractivity contribution is 0.0983. The molecule has 0 amide bonds. The largest absolute Gasteiger partial charge is 0.294 e. The first kappa shape index (κ1) is 13.3. The SMILES string of the molecule is Cc1ccc(F)c(C(=O)Cc2ccccc2F)c1F. The van der Waals surface area contributed by atoms with E-state index in [4.69, 9.17) is 0 Å². The summed E-state index contributed by atoms with van der Waals surface area (Å²) < 4.78 is 40.7. The lowest BCUT2D eigenvalue weighted by Gasteiger charge is -2.07. The third-order valence-electron chi connectivity index (χ3n) is 2.87. The van der Waals surface area contributed by atoms with E-state index in [2.05, 4.69) is 0 Å². The van der Waals surface area contributed by atoms with Crippen molar-refractivity contribution in [1.82, 2.24) is 0 Å². The Hall–Kier alpha value is -2.10. The van der Waals surface area contributed by atoms with Gasteiger partial charge in [0, 0.05) is 6.42 Å². The lowest BCUT2D eigenvalue weighted by Crippen LogP contribution is -2.11. The van der Waals surface area contributed by atoms with E-state index in [0.29, 0.717) is 0 Å². The van der Waals surface area contributed by atoms with Crippen molar-refractivity contribution in [1.29, 1.82) is 0 Å². The molecule has 0 aliphatic carbocycles. The van der Waals surface area contributed by atoms with Crippen molar-refractivity contribution in [3.05, 3.63) is 70.5 Å². The molecule has 1 nitrogen and oxygen atoms in total. The number of hydrogen-bond donors (Lipinski definition) is 0. The second-order valence-corrected chi connectivity index (χ2v) is 4.24. The molecule has 0 heterocycles. The van der Waals surface area contributed by atoms with Crippen LogP contribution in [0, 0.1) is 24.4 Å². The van der Waals surface area contributed by atoms with Crippen molar-refractivity contribution in [2.75, 3.05) is 0 Å².